The molecule has 3 aromatic carbocycles. The molecule has 2 N–H and O–H groups in total. The first-order chi connectivity index (χ1) is 15.6. The second kappa shape index (κ2) is 9.32. The Balaban J connectivity index is 1.52. The Hall–Kier alpha value is -2.02. The van der Waals surface area contributed by atoms with Crippen LogP contribution >= 0.6 is 58.0 Å². The molecule has 4 rings (SSSR count). The van der Waals surface area contributed by atoms with Crippen LogP contribution in [0.4, 0.5) is 15.8 Å². The SMILES string of the molecule is O=C(Nc1ccc(F)cc1)c1cccc(NC(=O)C2C(c3cc(Cl)cc(Cl)c3)C2(Cl)Cl)c1Cl. The molecular formula is C23H14Cl5FN2O2. The van der Waals surface area contributed by atoms with Crippen LogP contribution in [0.2, 0.25) is 15.1 Å². The van der Waals surface area contributed by atoms with E-state index in [1.54, 1.807) is 30.3 Å². The van der Waals surface area contributed by atoms with Crippen molar-refractivity contribution in [3.63, 3.8) is 0 Å². The van der Waals surface area contributed by atoms with Gasteiger partial charge in [-0.3, -0.25) is 9.59 Å². The molecule has 4 nitrogen and oxygen atoms in total. The first-order valence-electron chi connectivity index (χ1n) is 9.58. The maximum absolute atomic E-state index is 13.1. The molecule has 0 aliphatic heterocycles. The fraction of sp³-hybridized carbons (Fsp3) is 0.130. The van der Waals surface area contributed by atoms with E-state index in [1.165, 1.54) is 30.3 Å². The van der Waals surface area contributed by atoms with Crippen LogP contribution < -0.4 is 10.6 Å². The third kappa shape index (κ3) is 5.08. The fourth-order valence-electron chi connectivity index (χ4n) is 3.57. The molecule has 0 bridgehead atoms. The van der Waals surface area contributed by atoms with Crippen LogP contribution in [0.25, 0.3) is 0 Å². The molecule has 2 amide bonds. The van der Waals surface area contributed by atoms with Crippen molar-refractivity contribution in [2.45, 2.75) is 10.3 Å². The zero-order valence-corrected chi connectivity index (χ0v) is 20.3. The number of carbonyl (C=O) groups excluding carboxylic acids is 2. The van der Waals surface area contributed by atoms with E-state index >= 15 is 0 Å². The number of benzene rings is 3. The maximum Gasteiger partial charge on any atom is 0.257 e. The van der Waals surface area contributed by atoms with Crippen LogP contribution in [-0.2, 0) is 4.79 Å². The summed E-state index contributed by atoms with van der Waals surface area (Å²) < 4.78 is 11.7. The molecular weight excluding hydrogens is 533 g/mol. The highest BCUT2D eigenvalue weighted by Gasteiger charge is 2.67. The van der Waals surface area contributed by atoms with Gasteiger partial charge < -0.3 is 10.6 Å². The van der Waals surface area contributed by atoms with E-state index in [1.807, 2.05) is 0 Å². The number of hydrogen-bond acceptors (Lipinski definition) is 2. The Kier molecular flexibility index (Phi) is 6.81. The molecule has 0 spiro atoms. The first-order valence-corrected chi connectivity index (χ1v) is 11.5. The molecule has 1 fully saturated rings. The van der Waals surface area contributed by atoms with Gasteiger partial charge >= 0.3 is 0 Å². The average molecular weight is 547 g/mol. The summed E-state index contributed by atoms with van der Waals surface area (Å²) in [6, 6.07) is 14.8. The summed E-state index contributed by atoms with van der Waals surface area (Å²) in [6.07, 6.45) is 0. The zero-order valence-electron chi connectivity index (χ0n) is 16.5. The van der Waals surface area contributed by atoms with Crippen molar-refractivity contribution in [3.8, 4) is 0 Å². The summed E-state index contributed by atoms with van der Waals surface area (Å²) >= 11 is 31.3. The van der Waals surface area contributed by atoms with Gasteiger partial charge in [-0.25, -0.2) is 4.39 Å². The minimum Gasteiger partial charge on any atom is -0.324 e. The van der Waals surface area contributed by atoms with E-state index in [9.17, 15) is 14.0 Å². The van der Waals surface area contributed by atoms with Crippen molar-refractivity contribution in [2.24, 2.45) is 5.92 Å². The highest BCUT2D eigenvalue weighted by Crippen LogP contribution is 2.65. The number of halogens is 6. The lowest BCUT2D eigenvalue weighted by atomic mass is 10.1. The number of rotatable bonds is 5. The normalized spacial score (nSPS) is 18.5. The van der Waals surface area contributed by atoms with Gasteiger partial charge in [0, 0.05) is 21.7 Å². The summed E-state index contributed by atoms with van der Waals surface area (Å²) in [5, 5.41) is 6.14. The van der Waals surface area contributed by atoms with Crippen molar-refractivity contribution < 1.29 is 14.0 Å². The van der Waals surface area contributed by atoms with Crippen LogP contribution in [0.3, 0.4) is 0 Å². The molecule has 0 radical (unpaired) electrons. The Labute approximate surface area is 213 Å². The monoisotopic (exact) mass is 544 g/mol. The van der Waals surface area contributed by atoms with Crippen LogP contribution in [0.1, 0.15) is 21.8 Å². The van der Waals surface area contributed by atoms with E-state index < -0.39 is 33.8 Å². The number of carbonyl (C=O) groups is 2. The molecule has 1 aliphatic rings. The molecule has 170 valence electrons. The van der Waals surface area contributed by atoms with Crippen LogP contribution in [0.15, 0.2) is 60.7 Å². The van der Waals surface area contributed by atoms with Gasteiger partial charge in [-0.05, 0) is 60.2 Å². The van der Waals surface area contributed by atoms with Crippen LogP contribution in [0, 0.1) is 11.7 Å². The highest BCUT2D eigenvalue weighted by atomic mass is 35.5. The Bertz CT molecular complexity index is 1230. The van der Waals surface area contributed by atoms with Crippen LogP contribution in [-0.4, -0.2) is 16.1 Å². The van der Waals surface area contributed by atoms with E-state index in [4.69, 9.17) is 58.0 Å². The van der Waals surface area contributed by atoms with Crippen molar-refractivity contribution in [1.82, 2.24) is 0 Å². The maximum atomic E-state index is 13.1. The first kappa shape index (κ1) is 24.1. The molecule has 1 aliphatic carbocycles. The number of nitrogens with one attached hydrogen (secondary N) is 2. The molecule has 3 aromatic rings. The van der Waals surface area contributed by atoms with E-state index in [-0.39, 0.29) is 16.3 Å². The van der Waals surface area contributed by atoms with Gasteiger partial charge in [-0.1, -0.05) is 40.9 Å². The van der Waals surface area contributed by atoms with Crippen LogP contribution in [0.5, 0.6) is 0 Å². The van der Waals surface area contributed by atoms with Crippen molar-refractivity contribution >= 4 is 81.2 Å². The van der Waals surface area contributed by atoms with Crippen molar-refractivity contribution in [3.05, 3.63) is 92.7 Å². The number of anilines is 2. The quantitative estimate of drug-likeness (QED) is 0.325. The molecule has 2 unspecified atom stereocenters. The summed E-state index contributed by atoms with van der Waals surface area (Å²) in [5.74, 6) is -2.74. The summed E-state index contributed by atoms with van der Waals surface area (Å²) in [6.45, 7) is 0. The molecule has 33 heavy (non-hydrogen) atoms. The Morgan fingerprint density at radius 3 is 2.15 bits per heavy atom. The average Bonchev–Trinajstić information content (AvgIpc) is 3.32. The minimum atomic E-state index is -1.36. The molecule has 1 saturated carbocycles. The predicted octanol–water partition coefficient (Wildman–Crippen LogP) is 7.56. The van der Waals surface area contributed by atoms with Crippen molar-refractivity contribution in [2.75, 3.05) is 10.6 Å². The molecule has 0 aromatic heterocycles. The summed E-state index contributed by atoms with van der Waals surface area (Å²) in [4.78, 5) is 25.6. The number of amides is 2. The van der Waals surface area contributed by atoms with Crippen molar-refractivity contribution in [1.29, 1.82) is 0 Å². The standard InChI is InChI=1S/C23H14Cl5FN2O2/c24-12-8-11(9-13(25)10-12)18-19(23(18,27)28)22(33)31-17-3-1-2-16(20(17)26)21(32)30-15-6-4-14(29)5-7-15/h1-10,18-19H,(H,30,32)(H,31,33). The van der Waals surface area contributed by atoms with Gasteiger partial charge in [0.05, 0.1) is 22.2 Å². The lowest BCUT2D eigenvalue weighted by molar-refractivity contribution is -0.117. The van der Waals surface area contributed by atoms with E-state index in [0.29, 0.717) is 21.3 Å². The van der Waals surface area contributed by atoms with Gasteiger partial charge in [0.2, 0.25) is 5.91 Å². The number of hydrogen-bond donors (Lipinski definition) is 2. The Morgan fingerprint density at radius 1 is 0.879 bits per heavy atom. The minimum absolute atomic E-state index is 0.0307. The summed E-state index contributed by atoms with van der Waals surface area (Å²) in [7, 11) is 0. The summed E-state index contributed by atoms with van der Waals surface area (Å²) in [5.41, 5.74) is 1.36. The smallest absolute Gasteiger partial charge is 0.257 e. The third-order valence-corrected chi connectivity index (χ3v) is 6.97. The van der Waals surface area contributed by atoms with E-state index in [0.717, 1.165) is 0 Å². The molecule has 2 atom stereocenters. The van der Waals surface area contributed by atoms with Gasteiger partial charge in [0.25, 0.3) is 5.91 Å². The zero-order chi connectivity index (χ0) is 23.9. The second-order valence-corrected chi connectivity index (χ2v) is 10.1. The predicted molar refractivity (Wildman–Crippen MR) is 132 cm³/mol. The second-order valence-electron chi connectivity index (χ2n) is 7.45. The topological polar surface area (TPSA) is 58.2 Å². The molecule has 0 saturated heterocycles. The van der Waals surface area contributed by atoms with E-state index in [2.05, 4.69) is 10.6 Å². The lowest BCUT2D eigenvalue weighted by Crippen LogP contribution is -2.19. The highest BCUT2D eigenvalue weighted by molar-refractivity contribution is 6.53. The van der Waals surface area contributed by atoms with Gasteiger partial charge in [-0.2, -0.15) is 0 Å². The fourth-order valence-corrected chi connectivity index (χ4v) is 5.20. The lowest BCUT2D eigenvalue weighted by Gasteiger charge is -2.12. The van der Waals surface area contributed by atoms with Gasteiger partial charge in [0.1, 0.15) is 10.2 Å². The molecule has 10 heteroatoms. The Morgan fingerprint density at radius 2 is 1.52 bits per heavy atom. The number of alkyl halides is 2. The largest absolute Gasteiger partial charge is 0.324 e. The third-order valence-electron chi connectivity index (χ3n) is 5.18. The molecule has 0 heterocycles. The van der Waals surface area contributed by atoms with Gasteiger partial charge in [-0.15, -0.1) is 23.2 Å². The van der Waals surface area contributed by atoms with Gasteiger partial charge in [0.15, 0.2) is 0 Å².